The predicted molar refractivity (Wildman–Crippen MR) is 152 cm³/mol. The summed E-state index contributed by atoms with van der Waals surface area (Å²) in [5, 5.41) is 6.12. The second-order valence-corrected chi connectivity index (χ2v) is 12.2. The third-order valence-electron chi connectivity index (χ3n) is 9.02. The molecule has 7 heteroatoms. The monoisotopic (exact) mass is 519 g/mol. The highest BCUT2D eigenvalue weighted by atomic mass is 16.2. The molecule has 2 amide bonds. The van der Waals surface area contributed by atoms with E-state index < -0.39 is 0 Å². The summed E-state index contributed by atoms with van der Waals surface area (Å²) in [5.74, 6) is 3.48. The zero-order valence-corrected chi connectivity index (χ0v) is 22.4. The van der Waals surface area contributed by atoms with Crippen LogP contribution in [0.2, 0.25) is 0 Å². The fourth-order valence-electron chi connectivity index (χ4n) is 7.75. The van der Waals surface area contributed by atoms with Crippen molar-refractivity contribution in [3.05, 3.63) is 71.4 Å². The zero-order valence-electron chi connectivity index (χ0n) is 22.4. The van der Waals surface area contributed by atoms with E-state index in [9.17, 15) is 9.59 Å². The summed E-state index contributed by atoms with van der Waals surface area (Å²) in [7, 11) is 0. The maximum Gasteiger partial charge on any atom is 0.256 e. The van der Waals surface area contributed by atoms with Crippen LogP contribution < -0.4 is 10.6 Å². The molecule has 4 bridgehead atoms. The molecule has 0 saturated heterocycles. The number of fused-ring (bicyclic) bond motifs is 1. The molecule has 4 fully saturated rings. The lowest BCUT2D eigenvalue weighted by molar-refractivity contribution is -0.140. The van der Waals surface area contributed by atoms with E-state index in [2.05, 4.69) is 20.6 Å². The van der Waals surface area contributed by atoms with Crippen molar-refractivity contribution in [1.82, 2.24) is 15.0 Å². The van der Waals surface area contributed by atoms with Gasteiger partial charge in [-0.25, -0.2) is 9.97 Å². The number of aryl methyl sites for hydroxylation is 2. The van der Waals surface area contributed by atoms with Gasteiger partial charge in [0, 0.05) is 22.5 Å². The number of hydrogen-bond acceptors (Lipinski definition) is 4. The number of H-pyrrole nitrogens is 1. The van der Waals surface area contributed by atoms with E-state index in [1.165, 1.54) is 19.3 Å². The molecule has 2 aromatic carbocycles. The average Bonchev–Trinajstić information content (AvgIpc) is 3.31. The fourth-order valence-corrected chi connectivity index (χ4v) is 7.75. The average molecular weight is 520 g/mol. The van der Waals surface area contributed by atoms with Gasteiger partial charge in [0.25, 0.3) is 5.91 Å². The number of pyridine rings is 1. The third-order valence-corrected chi connectivity index (χ3v) is 9.02. The second kappa shape index (κ2) is 9.04. The lowest BCUT2D eigenvalue weighted by Crippen LogP contribution is -2.51. The van der Waals surface area contributed by atoms with Gasteiger partial charge < -0.3 is 15.6 Å². The van der Waals surface area contributed by atoms with Crippen LogP contribution in [0.4, 0.5) is 11.5 Å². The van der Waals surface area contributed by atoms with Crippen molar-refractivity contribution in [2.45, 2.75) is 52.4 Å². The largest absolute Gasteiger partial charge is 0.338 e. The van der Waals surface area contributed by atoms with Crippen molar-refractivity contribution in [2.75, 3.05) is 10.6 Å². The van der Waals surface area contributed by atoms with Gasteiger partial charge in [-0.1, -0.05) is 0 Å². The summed E-state index contributed by atoms with van der Waals surface area (Å²) in [5.41, 5.74) is 5.59. The number of nitrogens with one attached hydrogen (secondary N) is 3. The van der Waals surface area contributed by atoms with E-state index in [4.69, 9.17) is 4.98 Å². The number of amides is 2. The first-order valence-corrected chi connectivity index (χ1v) is 14.0. The van der Waals surface area contributed by atoms with E-state index in [0.29, 0.717) is 11.4 Å². The standard InChI is InChI=1S/C32H33N5O2/c1-18-9-19(2)33-28(10-18)37-30(38)24-5-8-26-27(14-24)36-29(35-26)23-3-6-25(7-4-23)34-31(39)32-15-20-11-21(16-32)13-22(12-20)17-32/h3-10,14,20-22H,11-13,15-17H2,1-2H3,(H,34,39)(H,35,36)(H,33,37,38). The highest BCUT2D eigenvalue weighted by Gasteiger charge is 2.54. The summed E-state index contributed by atoms with van der Waals surface area (Å²) in [6.07, 6.45) is 7.16. The van der Waals surface area contributed by atoms with Crippen LogP contribution in [-0.4, -0.2) is 26.8 Å². The van der Waals surface area contributed by atoms with Crippen molar-refractivity contribution < 1.29 is 9.59 Å². The summed E-state index contributed by atoms with van der Waals surface area (Å²) in [4.78, 5) is 38.7. The number of hydrogen-bond donors (Lipinski definition) is 3. The Bertz CT molecular complexity index is 1550. The maximum atomic E-state index is 13.4. The smallest absolute Gasteiger partial charge is 0.256 e. The molecule has 8 rings (SSSR count). The maximum absolute atomic E-state index is 13.4. The molecular weight excluding hydrogens is 486 g/mol. The Morgan fingerprint density at radius 2 is 1.54 bits per heavy atom. The molecule has 0 unspecified atom stereocenters. The molecule has 0 radical (unpaired) electrons. The molecule has 3 N–H and O–H groups in total. The van der Waals surface area contributed by atoms with Crippen LogP contribution in [0.1, 0.15) is 60.1 Å². The molecule has 2 heterocycles. The quantitative estimate of drug-likeness (QED) is 0.275. The van der Waals surface area contributed by atoms with Crippen LogP contribution >= 0.6 is 0 Å². The SMILES string of the molecule is Cc1cc(C)nc(NC(=O)c2ccc3nc(-c4ccc(NC(=O)C56CC7CC(CC(C7)C5)C6)cc4)[nH]c3c2)c1. The molecule has 0 spiro atoms. The second-order valence-electron chi connectivity index (χ2n) is 12.2. The highest BCUT2D eigenvalue weighted by Crippen LogP contribution is 2.60. The Hall–Kier alpha value is -4.00. The summed E-state index contributed by atoms with van der Waals surface area (Å²) < 4.78 is 0. The van der Waals surface area contributed by atoms with Gasteiger partial charge in [0.15, 0.2) is 0 Å². The fraction of sp³-hybridized carbons (Fsp3) is 0.375. The van der Waals surface area contributed by atoms with Crippen molar-refractivity contribution in [3.63, 3.8) is 0 Å². The van der Waals surface area contributed by atoms with Crippen molar-refractivity contribution in [3.8, 4) is 11.4 Å². The van der Waals surface area contributed by atoms with E-state index >= 15 is 0 Å². The Morgan fingerprint density at radius 3 is 2.21 bits per heavy atom. The van der Waals surface area contributed by atoms with Crippen molar-refractivity contribution in [1.29, 1.82) is 0 Å². The number of aromatic nitrogens is 3. The molecule has 4 aliphatic rings. The number of anilines is 2. The van der Waals surface area contributed by atoms with E-state index in [0.717, 1.165) is 76.4 Å². The van der Waals surface area contributed by atoms with Crippen molar-refractivity contribution in [2.24, 2.45) is 23.2 Å². The zero-order chi connectivity index (χ0) is 26.7. The number of carbonyl (C=O) groups excluding carboxylic acids is 2. The van der Waals surface area contributed by atoms with Gasteiger partial charge >= 0.3 is 0 Å². The summed E-state index contributed by atoms with van der Waals surface area (Å²) in [6, 6.07) is 17.1. The van der Waals surface area contributed by atoms with Crippen molar-refractivity contribution >= 4 is 34.4 Å². The van der Waals surface area contributed by atoms with Crippen LogP contribution in [-0.2, 0) is 4.79 Å². The lowest BCUT2D eigenvalue weighted by Gasteiger charge is -2.55. The molecule has 39 heavy (non-hydrogen) atoms. The van der Waals surface area contributed by atoms with Gasteiger partial charge in [-0.3, -0.25) is 9.59 Å². The lowest BCUT2D eigenvalue weighted by atomic mass is 9.49. The van der Waals surface area contributed by atoms with Crippen LogP contribution in [0.5, 0.6) is 0 Å². The van der Waals surface area contributed by atoms with Crippen LogP contribution in [0.3, 0.4) is 0 Å². The minimum absolute atomic E-state index is 0.162. The summed E-state index contributed by atoms with van der Waals surface area (Å²) >= 11 is 0. The summed E-state index contributed by atoms with van der Waals surface area (Å²) in [6.45, 7) is 3.89. The first-order valence-electron chi connectivity index (χ1n) is 14.0. The van der Waals surface area contributed by atoms with Crippen LogP contribution in [0, 0.1) is 37.0 Å². The predicted octanol–water partition coefficient (Wildman–Crippen LogP) is 6.65. The molecule has 4 aliphatic carbocycles. The Kier molecular flexibility index (Phi) is 5.58. The van der Waals surface area contributed by atoms with Gasteiger partial charge in [-0.15, -0.1) is 0 Å². The van der Waals surface area contributed by atoms with Gasteiger partial charge in [-0.05, 0) is 130 Å². The minimum Gasteiger partial charge on any atom is -0.338 e. The van der Waals surface area contributed by atoms with Crippen LogP contribution in [0.25, 0.3) is 22.4 Å². The molecule has 4 aromatic rings. The van der Waals surface area contributed by atoms with Gasteiger partial charge in [-0.2, -0.15) is 0 Å². The Balaban J connectivity index is 1.06. The normalized spacial score (nSPS) is 25.1. The first kappa shape index (κ1) is 24.1. The molecule has 198 valence electrons. The number of benzene rings is 2. The first-order chi connectivity index (χ1) is 18.8. The molecule has 0 aliphatic heterocycles. The van der Waals surface area contributed by atoms with E-state index in [-0.39, 0.29) is 17.2 Å². The molecule has 0 atom stereocenters. The van der Waals surface area contributed by atoms with Crippen LogP contribution in [0.15, 0.2) is 54.6 Å². The van der Waals surface area contributed by atoms with E-state index in [1.807, 2.05) is 62.4 Å². The number of aromatic amines is 1. The van der Waals surface area contributed by atoms with Gasteiger partial charge in [0.2, 0.25) is 5.91 Å². The topological polar surface area (TPSA) is 99.8 Å². The van der Waals surface area contributed by atoms with Gasteiger partial charge in [0.05, 0.1) is 16.4 Å². The minimum atomic E-state index is -0.218. The van der Waals surface area contributed by atoms with Gasteiger partial charge in [0.1, 0.15) is 11.6 Å². The molecule has 4 saturated carbocycles. The highest BCUT2D eigenvalue weighted by molar-refractivity contribution is 6.05. The number of carbonyl (C=O) groups is 2. The molecule has 2 aromatic heterocycles. The number of imidazole rings is 1. The molecular formula is C32H33N5O2. The third kappa shape index (κ3) is 4.50. The number of nitrogens with zero attached hydrogens (tertiary/aromatic N) is 2. The number of rotatable bonds is 5. The Morgan fingerprint density at radius 1 is 0.846 bits per heavy atom. The molecule has 7 nitrogen and oxygen atoms in total. The Labute approximate surface area is 227 Å². The van der Waals surface area contributed by atoms with E-state index in [1.54, 1.807) is 6.07 Å².